The monoisotopic (exact) mass is 349 g/mol. The van der Waals surface area contributed by atoms with Crippen LogP contribution in [0.5, 0.6) is 0 Å². The third-order valence-electron chi connectivity index (χ3n) is 2.79. The summed E-state index contributed by atoms with van der Waals surface area (Å²) in [6.07, 6.45) is 1.43. The first-order valence-corrected chi connectivity index (χ1v) is 7.42. The number of rotatable bonds is 5. The number of halogens is 2. The summed E-state index contributed by atoms with van der Waals surface area (Å²) < 4.78 is 0. The summed E-state index contributed by atoms with van der Waals surface area (Å²) in [7, 11) is 0. The van der Waals surface area contributed by atoms with Gasteiger partial charge in [-0.3, -0.25) is 9.59 Å². The Hall–Kier alpha value is -2.37. The third kappa shape index (κ3) is 5.39. The van der Waals surface area contributed by atoms with E-state index in [2.05, 4.69) is 15.8 Å². The van der Waals surface area contributed by atoms with Crippen LogP contribution < -0.4 is 10.7 Å². The normalized spacial score (nSPS) is 10.5. The lowest BCUT2D eigenvalue weighted by Gasteiger charge is -2.04. The molecule has 0 aliphatic rings. The molecule has 0 saturated carbocycles. The zero-order valence-corrected chi connectivity index (χ0v) is 13.4. The number of benzene rings is 2. The number of nitrogens with one attached hydrogen (secondary N) is 2. The lowest BCUT2D eigenvalue weighted by atomic mass is 10.2. The predicted molar refractivity (Wildman–Crippen MR) is 91.0 cm³/mol. The number of hydrazone groups is 1. The zero-order chi connectivity index (χ0) is 16.7. The topological polar surface area (TPSA) is 70.6 Å². The molecular weight excluding hydrogens is 337 g/mol. The van der Waals surface area contributed by atoms with Gasteiger partial charge in [-0.25, -0.2) is 5.43 Å². The first kappa shape index (κ1) is 17.0. The maximum absolute atomic E-state index is 11.8. The van der Waals surface area contributed by atoms with E-state index in [-0.39, 0.29) is 6.54 Å². The Morgan fingerprint density at radius 2 is 1.87 bits per heavy atom. The van der Waals surface area contributed by atoms with Crippen LogP contribution in [0.15, 0.2) is 53.6 Å². The number of carbonyl (C=O) groups excluding carboxylic acids is 2. The molecule has 5 nitrogen and oxygen atoms in total. The Kier molecular flexibility index (Phi) is 6.14. The van der Waals surface area contributed by atoms with Gasteiger partial charge in [-0.1, -0.05) is 47.5 Å². The van der Waals surface area contributed by atoms with Crippen LogP contribution in [0.4, 0.5) is 0 Å². The number of hydrogen-bond donors (Lipinski definition) is 2. The van der Waals surface area contributed by atoms with Crippen molar-refractivity contribution in [2.75, 3.05) is 6.54 Å². The Balaban J connectivity index is 1.81. The first-order valence-electron chi connectivity index (χ1n) is 6.66. The van der Waals surface area contributed by atoms with Crippen molar-refractivity contribution in [2.24, 2.45) is 5.10 Å². The second-order valence-corrected chi connectivity index (χ2v) is 5.35. The third-order valence-corrected chi connectivity index (χ3v) is 3.37. The van der Waals surface area contributed by atoms with E-state index in [9.17, 15) is 9.59 Å². The van der Waals surface area contributed by atoms with Gasteiger partial charge in [0.25, 0.3) is 11.8 Å². The largest absolute Gasteiger partial charge is 0.343 e. The van der Waals surface area contributed by atoms with E-state index >= 15 is 0 Å². The first-order chi connectivity index (χ1) is 11.1. The molecule has 118 valence electrons. The van der Waals surface area contributed by atoms with E-state index < -0.39 is 11.8 Å². The fourth-order valence-corrected chi connectivity index (χ4v) is 2.06. The number of nitrogens with zero attached hydrogens (tertiary/aromatic N) is 1. The Morgan fingerprint density at radius 1 is 1.09 bits per heavy atom. The van der Waals surface area contributed by atoms with Crippen LogP contribution in [0.1, 0.15) is 15.9 Å². The molecule has 2 aromatic rings. The zero-order valence-electron chi connectivity index (χ0n) is 11.9. The molecule has 0 heterocycles. The molecular formula is C16H13Cl2N3O2. The van der Waals surface area contributed by atoms with Gasteiger partial charge in [0.05, 0.1) is 12.8 Å². The van der Waals surface area contributed by atoms with Crippen LogP contribution >= 0.6 is 23.2 Å². The molecule has 0 unspecified atom stereocenters. The molecule has 2 rings (SSSR count). The summed E-state index contributed by atoms with van der Waals surface area (Å²) >= 11 is 11.8. The fraction of sp³-hybridized carbons (Fsp3) is 0.0625. The molecule has 0 atom stereocenters. The fourth-order valence-electron chi connectivity index (χ4n) is 1.69. The highest BCUT2D eigenvalue weighted by Crippen LogP contribution is 2.12. The lowest BCUT2D eigenvalue weighted by molar-refractivity contribution is -0.120. The second-order valence-electron chi connectivity index (χ2n) is 4.51. The minimum absolute atomic E-state index is 0.203. The minimum atomic E-state index is -0.455. The van der Waals surface area contributed by atoms with E-state index in [0.717, 1.165) is 0 Å². The molecule has 7 heteroatoms. The van der Waals surface area contributed by atoms with E-state index in [0.29, 0.717) is 21.2 Å². The van der Waals surface area contributed by atoms with Gasteiger partial charge < -0.3 is 5.32 Å². The molecule has 0 saturated heterocycles. The van der Waals surface area contributed by atoms with Crippen LogP contribution in [0.2, 0.25) is 10.0 Å². The molecule has 0 spiro atoms. The van der Waals surface area contributed by atoms with Crippen molar-refractivity contribution < 1.29 is 9.59 Å². The summed E-state index contributed by atoms with van der Waals surface area (Å²) in [5.41, 5.74) is 3.37. The highest BCUT2D eigenvalue weighted by molar-refractivity contribution is 6.33. The summed E-state index contributed by atoms with van der Waals surface area (Å²) in [5, 5.41) is 7.24. The quantitative estimate of drug-likeness (QED) is 0.643. The average Bonchev–Trinajstić information content (AvgIpc) is 2.54. The van der Waals surface area contributed by atoms with E-state index in [4.69, 9.17) is 23.2 Å². The smallest absolute Gasteiger partial charge is 0.259 e. The molecule has 0 fully saturated rings. The maximum atomic E-state index is 11.8. The summed E-state index contributed by atoms with van der Waals surface area (Å²) in [6, 6.07) is 13.5. The highest BCUT2D eigenvalue weighted by Gasteiger charge is 2.07. The molecule has 0 aliphatic carbocycles. The Morgan fingerprint density at radius 3 is 2.61 bits per heavy atom. The molecule has 2 aromatic carbocycles. The maximum Gasteiger partial charge on any atom is 0.259 e. The molecule has 0 radical (unpaired) electrons. The van der Waals surface area contributed by atoms with Crippen LogP contribution in [0.3, 0.4) is 0 Å². The van der Waals surface area contributed by atoms with Crippen molar-refractivity contribution >= 4 is 41.2 Å². The molecule has 23 heavy (non-hydrogen) atoms. The van der Waals surface area contributed by atoms with Gasteiger partial charge >= 0.3 is 0 Å². The van der Waals surface area contributed by atoms with Crippen molar-refractivity contribution in [1.29, 1.82) is 0 Å². The van der Waals surface area contributed by atoms with Crippen LogP contribution in [0, 0.1) is 0 Å². The van der Waals surface area contributed by atoms with E-state index in [1.165, 1.54) is 12.3 Å². The highest BCUT2D eigenvalue weighted by atomic mass is 35.5. The van der Waals surface area contributed by atoms with E-state index in [1.807, 2.05) is 0 Å². The molecule has 2 N–H and O–H groups in total. The predicted octanol–water partition coefficient (Wildman–Crippen LogP) is 2.87. The average molecular weight is 350 g/mol. The summed E-state index contributed by atoms with van der Waals surface area (Å²) in [5.74, 6) is -0.846. The molecule has 2 amide bonds. The van der Waals surface area contributed by atoms with Gasteiger partial charge in [0.15, 0.2) is 0 Å². The number of carbonyl (C=O) groups is 2. The van der Waals surface area contributed by atoms with E-state index in [1.54, 1.807) is 42.5 Å². The second kappa shape index (κ2) is 8.31. The van der Waals surface area contributed by atoms with Crippen molar-refractivity contribution in [3.05, 3.63) is 69.7 Å². The van der Waals surface area contributed by atoms with Crippen molar-refractivity contribution in [3.8, 4) is 0 Å². The van der Waals surface area contributed by atoms with Crippen molar-refractivity contribution in [3.63, 3.8) is 0 Å². The minimum Gasteiger partial charge on any atom is -0.343 e. The standard InChI is InChI=1S/C16H13Cl2N3O2/c17-13-6-3-5-11(8-13)16(23)19-10-15(22)21-20-9-12-4-1-2-7-14(12)18/h1-9H,10H2,(H,19,23)(H,21,22)/b20-9-. The number of amides is 2. The van der Waals surface area contributed by atoms with Gasteiger partial charge in [-0.15, -0.1) is 0 Å². The van der Waals surface area contributed by atoms with Crippen LogP contribution in [0.25, 0.3) is 0 Å². The SMILES string of the molecule is O=C(CNC(=O)c1cccc(Cl)c1)N/N=C\c1ccccc1Cl. The van der Waals surface area contributed by atoms with Crippen LogP contribution in [-0.2, 0) is 4.79 Å². The van der Waals surface area contributed by atoms with Gasteiger partial charge in [-0.2, -0.15) is 5.10 Å². The number of hydrogen-bond acceptors (Lipinski definition) is 3. The van der Waals surface area contributed by atoms with Gasteiger partial charge in [0.1, 0.15) is 0 Å². The summed E-state index contributed by atoms with van der Waals surface area (Å²) in [4.78, 5) is 23.5. The van der Waals surface area contributed by atoms with Crippen LogP contribution in [-0.4, -0.2) is 24.6 Å². The van der Waals surface area contributed by atoms with Gasteiger partial charge in [0.2, 0.25) is 0 Å². The summed E-state index contributed by atoms with van der Waals surface area (Å²) in [6.45, 7) is -0.203. The molecule has 0 aliphatic heterocycles. The Labute approximate surface area is 143 Å². The lowest BCUT2D eigenvalue weighted by Crippen LogP contribution is -2.34. The van der Waals surface area contributed by atoms with Gasteiger partial charge in [0, 0.05) is 21.2 Å². The van der Waals surface area contributed by atoms with Crippen molar-refractivity contribution in [1.82, 2.24) is 10.7 Å². The van der Waals surface area contributed by atoms with Crippen molar-refractivity contribution in [2.45, 2.75) is 0 Å². The molecule has 0 bridgehead atoms. The Bertz CT molecular complexity index is 748. The van der Waals surface area contributed by atoms with Gasteiger partial charge in [-0.05, 0) is 24.3 Å². The molecule has 0 aromatic heterocycles.